The van der Waals surface area contributed by atoms with Gasteiger partial charge in [-0.2, -0.15) is 0 Å². The lowest BCUT2D eigenvalue weighted by Crippen LogP contribution is -2.21. The summed E-state index contributed by atoms with van der Waals surface area (Å²) in [5.41, 5.74) is 7.61. The molecule has 0 aliphatic rings. The van der Waals surface area contributed by atoms with Crippen molar-refractivity contribution >= 4 is 33.2 Å². The first kappa shape index (κ1) is 14.3. The van der Waals surface area contributed by atoms with E-state index in [4.69, 9.17) is 17.3 Å². The lowest BCUT2D eigenvalue weighted by molar-refractivity contribution is 0.624. The molecule has 2 nitrogen and oxygen atoms in total. The molecule has 2 rings (SSSR count). The van der Waals surface area contributed by atoms with E-state index in [-0.39, 0.29) is 11.9 Å². The van der Waals surface area contributed by atoms with Crippen molar-refractivity contribution in [1.82, 2.24) is 0 Å². The van der Waals surface area contributed by atoms with Gasteiger partial charge in [-0.05, 0) is 42.0 Å². The van der Waals surface area contributed by atoms with Crippen LogP contribution < -0.4 is 11.1 Å². The maximum atomic E-state index is 13.1. The van der Waals surface area contributed by atoms with Crippen LogP contribution in [0.25, 0.3) is 0 Å². The van der Waals surface area contributed by atoms with Crippen LogP contribution in [0.4, 0.5) is 10.1 Å². The minimum absolute atomic E-state index is 0.101. The fraction of sp³-hybridized carbons (Fsp3) is 0.143. The fourth-order valence-electron chi connectivity index (χ4n) is 1.80. The SMILES string of the molecule is NCC(Nc1ccc(Cl)cc1)c1ccc(F)cc1Br. The number of benzene rings is 2. The molecule has 2 aromatic rings. The highest BCUT2D eigenvalue weighted by molar-refractivity contribution is 9.10. The zero-order valence-electron chi connectivity index (χ0n) is 10.0. The van der Waals surface area contributed by atoms with Crippen LogP contribution in [0.1, 0.15) is 11.6 Å². The zero-order chi connectivity index (χ0) is 13.8. The second kappa shape index (κ2) is 6.37. The van der Waals surface area contributed by atoms with Crippen molar-refractivity contribution in [1.29, 1.82) is 0 Å². The molecule has 2 aromatic carbocycles. The van der Waals surface area contributed by atoms with E-state index in [1.54, 1.807) is 18.2 Å². The second-order valence-electron chi connectivity index (χ2n) is 4.11. The molecule has 0 saturated carbocycles. The van der Waals surface area contributed by atoms with Gasteiger partial charge in [0.1, 0.15) is 5.82 Å². The summed E-state index contributed by atoms with van der Waals surface area (Å²) in [5, 5.41) is 3.97. The normalized spacial score (nSPS) is 12.2. The number of nitrogens with two attached hydrogens (primary N) is 1. The van der Waals surface area contributed by atoms with Crippen molar-refractivity contribution in [3.8, 4) is 0 Å². The summed E-state index contributed by atoms with van der Waals surface area (Å²) >= 11 is 9.20. The van der Waals surface area contributed by atoms with Crippen LogP contribution in [0.2, 0.25) is 5.02 Å². The van der Waals surface area contributed by atoms with Crippen molar-refractivity contribution < 1.29 is 4.39 Å². The van der Waals surface area contributed by atoms with Crippen LogP contribution >= 0.6 is 27.5 Å². The first-order chi connectivity index (χ1) is 9.10. The van der Waals surface area contributed by atoms with Crippen LogP contribution in [0.5, 0.6) is 0 Å². The van der Waals surface area contributed by atoms with Gasteiger partial charge in [0.05, 0.1) is 6.04 Å². The van der Waals surface area contributed by atoms with Crippen molar-refractivity contribution in [2.75, 3.05) is 11.9 Å². The molecule has 0 amide bonds. The van der Waals surface area contributed by atoms with Gasteiger partial charge in [0.2, 0.25) is 0 Å². The van der Waals surface area contributed by atoms with Gasteiger partial charge >= 0.3 is 0 Å². The molecule has 0 heterocycles. The Bertz CT molecular complexity index is 560. The first-order valence-electron chi connectivity index (χ1n) is 5.77. The molecule has 3 N–H and O–H groups in total. The highest BCUT2D eigenvalue weighted by atomic mass is 79.9. The maximum Gasteiger partial charge on any atom is 0.124 e. The largest absolute Gasteiger partial charge is 0.377 e. The highest BCUT2D eigenvalue weighted by Gasteiger charge is 2.13. The van der Waals surface area contributed by atoms with E-state index in [1.807, 2.05) is 12.1 Å². The topological polar surface area (TPSA) is 38.0 Å². The average molecular weight is 344 g/mol. The molecule has 1 unspecified atom stereocenters. The van der Waals surface area contributed by atoms with Gasteiger partial charge in [-0.1, -0.05) is 33.6 Å². The van der Waals surface area contributed by atoms with Crippen molar-refractivity contribution in [2.45, 2.75) is 6.04 Å². The Morgan fingerprint density at radius 2 is 1.89 bits per heavy atom. The van der Waals surface area contributed by atoms with E-state index in [0.29, 0.717) is 16.0 Å². The van der Waals surface area contributed by atoms with Gasteiger partial charge in [0.25, 0.3) is 0 Å². The monoisotopic (exact) mass is 342 g/mol. The summed E-state index contributed by atoms with van der Waals surface area (Å²) in [7, 11) is 0. The number of hydrogen-bond donors (Lipinski definition) is 2. The smallest absolute Gasteiger partial charge is 0.124 e. The molecule has 100 valence electrons. The van der Waals surface area contributed by atoms with E-state index < -0.39 is 0 Å². The Morgan fingerprint density at radius 1 is 1.21 bits per heavy atom. The number of hydrogen-bond acceptors (Lipinski definition) is 2. The number of rotatable bonds is 4. The Hall–Kier alpha value is -1.10. The maximum absolute atomic E-state index is 13.1. The standard InChI is InChI=1S/C14H13BrClFN2/c15-13-7-10(17)3-6-12(13)14(8-18)19-11-4-1-9(16)2-5-11/h1-7,14,19H,8,18H2. The summed E-state index contributed by atoms with van der Waals surface area (Å²) in [4.78, 5) is 0. The lowest BCUT2D eigenvalue weighted by Gasteiger charge is -2.20. The average Bonchev–Trinajstić information content (AvgIpc) is 2.39. The third kappa shape index (κ3) is 3.69. The number of anilines is 1. The van der Waals surface area contributed by atoms with E-state index in [1.165, 1.54) is 12.1 Å². The van der Waals surface area contributed by atoms with Gasteiger partial charge in [0, 0.05) is 21.7 Å². The van der Waals surface area contributed by atoms with Crippen molar-refractivity contribution in [3.63, 3.8) is 0 Å². The van der Waals surface area contributed by atoms with Crippen LogP contribution in [0.15, 0.2) is 46.9 Å². The minimum Gasteiger partial charge on any atom is -0.377 e. The number of halogens is 3. The van der Waals surface area contributed by atoms with Crippen LogP contribution in [-0.2, 0) is 0 Å². The third-order valence-electron chi connectivity index (χ3n) is 2.76. The summed E-state index contributed by atoms with van der Waals surface area (Å²) in [6, 6.07) is 11.8. The highest BCUT2D eigenvalue weighted by Crippen LogP contribution is 2.27. The van der Waals surface area contributed by atoms with Gasteiger partial charge in [-0.15, -0.1) is 0 Å². The van der Waals surface area contributed by atoms with Gasteiger partial charge in [-0.3, -0.25) is 0 Å². The zero-order valence-corrected chi connectivity index (χ0v) is 12.4. The molecule has 0 saturated heterocycles. The molecule has 0 bridgehead atoms. The number of nitrogens with one attached hydrogen (secondary N) is 1. The van der Waals surface area contributed by atoms with Gasteiger partial charge in [0.15, 0.2) is 0 Å². The minimum atomic E-state index is -0.280. The summed E-state index contributed by atoms with van der Waals surface area (Å²) in [6.45, 7) is 0.396. The Labute approximate surface area is 124 Å². The Balaban J connectivity index is 2.22. The third-order valence-corrected chi connectivity index (χ3v) is 3.70. The Kier molecular flexibility index (Phi) is 4.80. The molecule has 5 heteroatoms. The van der Waals surface area contributed by atoms with E-state index in [0.717, 1.165) is 11.3 Å². The first-order valence-corrected chi connectivity index (χ1v) is 6.94. The predicted molar refractivity (Wildman–Crippen MR) is 81.0 cm³/mol. The van der Waals surface area contributed by atoms with E-state index in [9.17, 15) is 4.39 Å². The molecule has 0 aliphatic heterocycles. The van der Waals surface area contributed by atoms with Crippen LogP contribution in [0.3, 0.4) is 0 Å². The Morgan fingerprint density at radius 3 is 2.47 bits per heavy atom. The van der Waals surface area contributed by atoms with E-state index >= 15 is 0 Å². The van der Waals surface area contributed by atoms with Gasteiger partial charge < -0.3 is 11.1 Å². The molecule has 0 spiro atoms. The van der Waals surface area contributed by atoms with Crippen molar-refractivity contribution in [2.24, 2.45) is 5.73 Å². The fourth-order valence-corrected chi connectivity index (χ4v) is 2.55. The molecule has 19 heavy (non-hydrogen) atoms. The molecule has 0 fully saturated rings. The summed E-state index contributed by atoms with van der Waals surface area (Å²) < 4.78 is 13.8. The molecule has 0 radical (unpaired) electrons. The van der Waals surface area contributed by atoms with Crippen LogP contribution in [-0.4, -0.2) is 6.54 Å². The predicted octanol–water partition coefficient (Wildman–Crippen LogP) is 4.35. The molecular formula is C14H13BrClFN2. The molecule has 0 aromatic heterocycles. The summed E-state index contributed by atoms with van der Waals surface area (Å²) in [6.07, 6.45) is 0. The molecule has 1 atom stereocenters. The molecule has 0 aliphatic carbocycles. The van der Waals surface area contributed by atoms with E-state index in [2.05, 4.69) is 21.2 Å². The van der Waals surface area contributed by atoms with Crippen molar-refractivity contribution in [3.05, 3.63) is 63.3 Å². The quantitative estimate of drug-likeness (QED) is 0.866. The second-order valence-corrected chi connectivity index (χ2v) is 5.40. The van der Waals surface area contributed by atoms with Gasteiger partial charge in [-0.25, -0.2) is 4.39 Å². The van der Waals surface area contributed by atoms with Crippen LogP contribution in [0, 0.1) is 5.82 Å². The lowest BCUT2D eigenvalue weighted by atomic mass is 10.1. The summed E-state index contributed by atoms with van der Waals surface area (Å²) in [5.74, 6) is -0.280. The molecular weight excluding hydrogens is 331 g/mol.